The number of aromatic nitrogens is 1. The van der Waals surface area contributed by atoms with Gasteiger partial charge in [0.25, 0.3) is 0 Å². The van der Waals surface area contributed by atoms with Crippen LogP contribution in [-0.4, -0.2) is 40.3 Å². The lowest BCUT2D eigenvalue weighted by atomic mass is 10.1. The molecule has 2 aromatic carbocycles. The zero-order valence-electron chi connectivity index (χ0n) is 15.9. The molecule has 0 amide bonds. The number of rotatable bonds is 7. The minimum Gasteiger partial charge on any atom is -0.497 e. The molecule has 0 aliphatic heterocycles. The van der Waals surface area contributed by atoms with E-state index in [4.69, 9.17) is 9.72 Å². The largest absolute Gasteiger partial charge is 0.497 e. The van der Waals surface area contributed by atoms with Gasteiger partial charge in [-0.1, -0.05) is 12.1 Å². The highest BCUT2D eigenvalue weighted by Gasteiger charge is 2.16. The summed E-state index contributed by atoms with van der Waals surface area (Å²) in [6, 6.07) is 9.79. The van der Waals surface area contributed by atoms with Gasteiger partial charge < -0.3 is 14.9 Å². The number of hydrogen-bond acceptors (Lipinski definition) is 7. The molecule has 0 spiro atoms. The Balaban J connectivity index is 1.80. The molecule has 144 valence electrons. The molecular formula is C20H24N2O3S2. The van der Waals surface area contributed by atoms with Crippen molar-refractivity contribution in [2.45, 2.75) is 31.4 Å². The van der Waals surface area contributed by atoms with Gasteiger partial charge in [0, 0.05) is 10.5 Å². The lowest BCUT2D eigenvalue weighted by molar-refractivity contribution is 0.0966. The van der Waals surface area contributed by atoms with Gasteiger partial charge in [-0.05, 0) is 62.2 Å². The second-order valence-electron chi connectivity index (χ2n) is 6.47. The molecule has 0 bridgehead atoms. The first-order valence-electron chi connectivity index (χ1n) is 8.64. The molecule has 3 aromatic rings. The van der Waals surface area contributed by atoms with Crippen LogP contribution in [0, 0.1) is 13.8 Å². The Labute approximate surface area is 167 Å². The molecule has 0 radical (unpaired) electrons. The number of para-hydroxylation sites is 1. The Kier molecular flexibility index (Phi) is 6.39. The summed E-state index contributed by atoms with van der Waals surface area (Å²) in [5, 5.41) is 20.2. The van der Waals surface area contributed by atoms with Crippen LogP contribution in [0.5, 0.6) is 5.75 Å². The molecule has 5 nitrogen and oxygen atoms in total. The number of benzene rings is 2. The highest BCUT2D eigenvalue weighted by molar-refractivity contribution is 7.97. The third kappa shape index (κ3) is 4.44. The van der Waals surface area contributed by atoms with Crippen molar-refractivity contribution < 1.29 is 14.9 Å². The maximum atomic E-state index is 10.0. The van der Waals surface area contributed by atoms with Gasteiger partial charge in [-0.15, -0.1) is 11.3 Å². The molecule has 0 aliphatic carbocycles. The van der Waals surface area contributed by atoms with E-state index in [0.717, 1.165) is 21.0 Å². The van der Waals surface area contributed by atoms with Gasteiger partial charge >= 0.3 is 0 Å². The van der Waals surface area contributed by atoms with Crippen molar-refractivity contribution in [1.29, 1.82) is 0 Å². The molecule has 3 rings (SSSR count). The van der Waals surface area contributed by atoms with Crippen LogP contribution in [-0.2, 0) is 6.54 Å². The molecule has 0 aliphatic rings. The van der Waals surface area contributed by atoms with Crippen LogP contribution in [0.25, 0.3) is 10.2 Å². The summed E-state index contributed by atoms with van der Waals surface area (Å²) < 4.78 is 8.51. The summed E-state index contributed by atoms with van der Waals surface area (Å²) in [5.74, 6) is 0.873. The Morgan fingerprint density at radius 1 is 1.26 bits per heavy atom. The van der Waals surface area contributed by atoms with E-state index in [1.807, 2.05) is 37.4 Å². The van der Waals surface area contributed by atoms with E-state index in [9.17, 15) is 10.2 Å². The Morgan fingerprint density at radius 3 is 2.59 bits per heavy atom. The monoisotopic (exact) mass is 404 g/mol. The lowest BCUT2D eigenvalue weighted by Crippen LogP contribution is -2.09. The predicted octanol–water partition coefficient (Wildman–Crippen LogP) is 4.09. The molecule has 1 unspecified atom stereocenters. The number of aliphatic hydroxyl groups is 2. The average Bonchev–Trinajstić information content (AvgIpc) is 3.05. The summed E-state index contributed by atoms with van der Waals surface area (Å²) in [6.07, 6.45) is -0.902. The second-order valence-corrected chi connectivity index (χ2v) is 8.80. The zero-order valence-corrected chi connectivity index (χ0v) is 17.5. The van der Waals surface area contributed by atoms with Gasteiger partial charge in [0.05, 0.1) is 30.5 Å². The Hall–Kier alpha value is -1.64. The maximum Gasteiger partial charge on any atom is 0.119 e. The van der Waals surface area contributed by atoms with Crippen molar-refractivity contribution in [3.8, 4) is 5.75 Å². The van der Waals surface area contributed by atoms with E-state index in [-0.39, 0.29) is 6.61 Å². The molecule has 1 atom stereocenters. The van der Waals surface area contributed by atoms with Crippen LogP contribution in [0.1, 0.15) is 27.8 Å². The number of nitrogens with zero attached hydrogens (tertiary/aromatic N) is 2. The van der Waals surface area contributed by atoms with Crippen molar-refractivity contribution in [3.05, 3.63) is 52.0 Å². The third-order valence-corrected chi connectivity index (χ3v) is 6.57. The zero-order chi connectivity index (χ0) is 19.6. The SMILES string of the molecule is COc1cc(C)c(SN(C)Cc2nc3c(C(O)CO)cccc3s2)c(C)c1. The van der Waals surface area contributed by atoms with Crippen LogP contribution < -0.4 is 4.74 Å². The van der Waals surface area contributed by atoms with E-state index in [0.29, 0.717) is 12.1 Å². The fourth-order valence-corrected chi connectivity index (χ4v) is 5.04. The van der Waals surface area contributed by atoms with Crippen molar-refractivity contribution >= 4 is 33.5 Å². The van der Waals surface area contributed by atoms with Gasteiger partial charge in [0.1, 0.15) is 16.9 Å². The van der Waals surface area contributed by atoms with Crippen LogP contribution in [0.15, 0.2) is 35.2 Å². The standard InChI is InChI=1S/C20H24N2O3S2/c1-12-8-14(25-4)9-13(2)20(12)27-22(3)10-18-21-19-15(16(24)11-23)6-5-7-17(19)26-18/h5-9,16,23-24H,10-11H2,1-4H3. The van der Waals surface area contributed by atoms with Crippen molar-refractivity contribution in [2.24, 2.45) is 0 Å². The molecule has 2 N–H and O–H groups in total. The van der Waals surface area contributed by atoms with E-state index in [1.165, 1.54) is 16.0 Å². The van der Waals surface area contributed by atoms with Crippen LogP contribution >= 0.6 is 23.3 Å². The predicted molar refractivity (Wildman–Crippen MR) is 111 cm³/mol. The van der Waals surface area contributed by atoms with E-state index >= 15 is 0 Å². The minimum absolute atomic E-state index is 0.308. The smallest absolute Gasteiger partial charge is 0.119 e. The minimum atomic E-state index is -0.902. The fraction of sp³-hybridized carbons (Fsp3) is 0.350. The molecule has 1 heterocycles. The molecule has 0 saturated carbocycles. The first kappa shape index (κ1) is 20.1. The molecule has 7 heteroatoms. The Bertz CT molecular complexity index is 919. The molecule has 0 fully saturated rings. The first-order valence-corrected chi connectivity index (χ1v) is 10.2. The van der Waals surface area contributed by atoms with E-state index in [1.54, 1.807) is 30.4 Å². The summed E-state index contributed by atoms with van der Waals surface area (Å²) in [4.78, 5) is 5.93. The number of aliphatic hydroxyl groups excluding tert-OH is 2. The van der Waals surface area contributed by atoms with Gasteiger partial charge in [-0.3, -0.25) is 0 Å². The van der Waals surface area contributed by atoms with Gasteiger partial charge in [-0.25, -0.2) is 9.29 Å². The number of aryl methyl sites for hydroxylation is 2. The van der Waals surface area contributed by atoms with Crippen molar-refractivity contribution in [1.82, 2.24) is 9.29 Å². The lowest BCUT2D eigenvalue weighted by Gasteiger charge is -2.18. The number of thiazole rings is 1. The highest BCUT2D eigenvalue weighted by atomic mass is 32.2. The normalized spacial score (nSPS) is 12.7. The molecule has 27 heavy (non-hydrogen) atoms. The first-order chi connectivity index (χ1) is 12.9. The maximum absolute atomic E-state index is 10.0. The quantitative estimate of drug-likeness (QED) is 0.578. The summed E-state index contributed by atoms with van der Waals surface area (Å²) in [7, 11) is 3.73. The van der Waals surface area contributed by atoms with Crippen molar-refractivity contribution in [3.63, 3.8) is 0 Å². The van der Waals surface area contributed by atoms with Crippen LogP contribution in [0.2, 0.25) is 0 Å². The Morgan fingerprint density at radius 2 is 1.96 bits per heavy atom. The van der Waals surface area contributed by atoms with E-state index in [2.05, 4.69) is 18.2 Å². The average molecular weight is 405 g/mol. The highest BCUT2D eigenvalue weighted by Crippen LogP contribution is 2.34. The van der Waals surface area contributed by atoms with Gasteiger partial charge in [0.15, 0.2) is 0 Å². The van der Waals surface area contributed by atoms with Crippen LogP contribution in [0.3, 0.4) is 0 Å². The second kappa shape index (κ2) is 8.58. The third-order valence-electron chi connectivity index (χ3n) is 4.30. The summed E-state index contributed by atoms with van der Waals surface area (Å²) >= 11 is 3.30. The number of ether oxygens (including phenoxy) is 1. The van der Waals surface area contributed by atoms with Crippen molar-refractivity contribution in [2.75, 3.05) is 20.8 Å². The van der Waals surface area contributed by atoms with E-state index < -0.39 is 6.10 Å². The van der Waals surface area contributed by atoms with Gasteiger partial charge in [-0.2, -0.15) is 0 Å². The van der Waals surface area contributed by atoms with Gasteiger partial charge in [0.2, 0.25) is 0 Å². The van der Waals surface area contributed by atoms with Crippen LogP contribution in [0.4, 0.5) is 0 Å². The molecule has 1 aromatic heterocycles. The number of fused-ring (bicyclic) bond motifs is 1. The molecular weight excluding hydrogens is 380 g/mol. The molecule has 0 saturated heterocycles. The number of hydrogen-bond donors (Lipinski definition) is 2. The summed E-state index contributed by atoms with van der Waals surface area (Å²) in [6.45, 7) is 4.55. The topological polar surface area (TPSA) is 65.8 Å². The number of methoxy groups -OCH3 is 1. The fourth-order valence-electron chi connectivity index (χ4n) is 3.00. The summed E-state index contributed by atoms with van der Waals surface area (Å²) in [5.41, 5.74) is 3.81.